The Bertz CT molecular complexity index is 496. The summed E-state index contributed by atoms with van der Waals surface area (Å²) in [6.07, 6.45) is 5.25. The molecule has 0 amide bonds. The predicted molar refractivity (Wildman–Crippen MR) is 66.5 cm³/mol. The maximum absolute atomic E-state index is 5.54. The summed E-state index contributed by atoms with van der Waals surface area (Å²) in [6.45, 7) is 0.692. The van der Waals surface area contributed by atoms with Gasteiger partial charge in [-0.3, -0.25) is 0 Å². The van der Waals surface area contributed by atoms with Crippen LogP contribution in [0.15, 0.2) is 30.6 Å². The van der Waals surface area contributed by atoms with Gasteiger partial charge in [0.25, 0.3) is 0 Å². The minimum Gasteiger partial charge on any atom is -0.330 e. The molecule has 0 spiro atoms. The zero-order valence-electron chi connectivity index (χ0n) is 9.71. The van der Waals surface area contributed by atoms with Crippen molar-refractivity contribution < 1.29 is 0 Å². The van der Waals surface area contributed by atoms with Crippen LogP contribution in [-0.4, -0.2) is 21.3 Å². The van der Waals surface area contributed by atoms with Crippen molar-refractivity contribution in [2.24, 2.45) is 5.73 Å². The number of rotatable bonds is 4. The van der Waals surface area contributed by atoms with Crippen LogP contribution in [0.2, 0.25) is 0 Å². The summed E-state index contributed by atoms with van der Waals surface area (Å²) in [5.41, 5.74) is 7.95. The first kappa shape index (κ1) is 10.5. The SMILES string of the molecule is NCCc1ccc(-c2nncn2C2CC2)cc1. The van der Waals surface area contributed by atoms with E-state index in [1.54, 1.807) is 0 Å². The lowest BCUT2D eigenvalue weighted by Gasteiger charge is -2.05. The lowest BCUT2D eigenvalue weighted by Crippen LogP contribution is -2.02. The minimum atomic E-state index is 0.615. The molecule has 0 bridgehead atoms. The molecule has 1 aliphatic carbocycles. The van der Waals surface area contributed by atoms with Gasteiger partial charge in [0.2, 0.25) is 0 Å². The van der Waals surface area contributed by atoms with Crippen LogP contribution in [0.3, 0.4) is 0 Å². The number of nitrogens with zero attached hydrogens (tertiary/aromatic N) is 3. The van der Waals surface area contributed by atoms with E-state index in [1.807, 2.05) is 6.33 Å². The average Bonchev–Trinajstić information content (AvgIpc) is 3.09. The molecule has 1 aromatic carbocycles. The maximum atomic E-state index is 5.54. The molecule has 0 radical (unpaired) electrons. The van der Waals surface area contributed by atoms with E-state index in [0.717, 1.165) is 17.8 Å². The van der Waals surface area contributed by atoms with Gasteiger partial charge < -0.3 is 10.3 Å². The molecule has 0 aliphatic heterocycles. The van der Waals surface area contributed by atoms with Gasteiger partial charge in [0.1, 0.15) is 6.33 Å². The molecule has 2 N–H and O–H groups in total. The van der Waals surface area contributed by atoms with E-state index >= 15 is 0 Å². The highest BCUT2D eigenvalue weighted by molar-refractivity contribution is 5.55. The second kappa shape index (κ2) is 4.30. The number of nitrogens with two attached hydrogens (primary N) is 1. The van der Waals surface area contributed by atoms with Crippen LogP contribution < -0.4 is 5.73 Å². The third kappa shape index (κ3) is 2.08. The first-order valence-electron chi connectivity index (χ1n) is 6.07. The topological polar surface area (TPSA) is 56.7 Å². The summed E-state index contributed by atoms with van der Waals surface area (Å²) in [6, 6.07) is 9.06. The summed E-state index contributed by atoms with van der Waals surface area (Å²) >= 11 is 0. The Morgan fingerprint density at radius 1 is 1.24 bits per heavy atom. The van der Waals surface area contributed by atoms with Crippen molar-refractivity contribution >= 4 is 0 Å². The van der Waals surface area contributed by atoms with E-state index in [1.165, 1.54) is 18.4 Å². The lowest BCUT2D eigenvalue weighted by atomic mass is 10.1. The van der Waals surface area contributed by atoms with Crippen LogP contribution in [0.5, 0.6) is 0 Å². The van der Waals surface area contributed by atoms with Gasteiger partial charge in [-0.15, -0.1) is 10.2 Å². The molecule has 88 valence electrons. The zero-order chi connectivity index (χ0) is 11.7. The molecular weight excluding hydrogens is 212 g/mol. The average molecular weight is 228 g/mol. The fourth-order valence-electron chi connectivity index (χ4n) is 2.06. The molecular formula is C13H16N4. The molecule has 1 aliphatic rings. The second-order valence-corrected chi connectivity index (χ2v) is 4.53. The van der Waals surface area contributed by atoms with E-state index in [2.05, 4.69) is 39.0 Å². The maximum Gasteiger partial charge on any atom is 0.163 e. The van der Waals surface area contributed by atoms with E-state index in [0.29, 0.717) is 12.6 Å². The summed E-state index contributed by atoms with van der Waals surface area (Å²) in [4.78, 5) is 0. The number of hydrogen-bond acceptors (Lipinski definition) is 3. The third-order valence-electron chi connectivity index (χ3n) is 3.16. The first-order chi connectivity index (χ1) is 8.38. The van der Waals surface area contributed by atoms with Crippen molar-refractivity contribution in [1.29, 1.82) is 0 Å². The van der Waals surface area contributed by atoms with Crippen molar-refractivity contribution in [2.45, 2.75) is 25.3 Å². The molecule has 2 aromatic rings. The number of aromatic nitrogens is 3. The van der Waals surface area contributed by atoms with Crippen LogP contribution in [0, 0.1) is 0 Å². The van der Waals surface area contributed by atoms with Crippen molar-refractivity contribution in [2.75, 3.05) is 6.54 Å². The molecule has 4 heteroatoms. The van der Waals surface area contributed by atoms with Crippen LogP contribution in [0.4, 0.5) is 0 Å². The molecule has 1 heterocycles. The molecule has 3 rings (SSSR count). The minimum absolute atomic E-state index is 0.615. The summed E-state index contributed by atoms with van der Waals surface area (Å²) < 4.78 is 2.18. The quantitative estimate of drug-likeness (QED) is 0.867. The molecule has 1 aromatic heterocycles. The second-order valence-electron chi connectivity index (χ2n) is 4.53. The van der Waals surface area contributed by atoms with Gasteiger partial charge >= 0.3 is 0 Å². The van der Waals surface area contributed by atoms with E-state index in [-0.39, 0.29) is 0 Å². The highest BCUT2D eigenvalue weighted by atomic mass is 15.3. The van der Waals surface area contributed by atoms with Gasteiger partial charge in [0.05, 0.1) is 0 Å². The molecule has 0 atom stereocenters. The largest absolute Gasteiger partial charge is 0.330 e. The van der Waals surface area contributed by atoms with Gasteiger partial charge in [0.15, 0.2) is 5.82 Å². The third-order valence-corrected chi connectivity index (χ3v) is 3.16. The molecule has 0 unspecified atom stereocenters. The van der Waals surface area contributed by atoms with Gasteiger partial charge in [0, 0.05) is 11.6 Å². The lowest BCUT2D eigenvalue weighted by molar-refractivity contribution is 0.746. The highest BCUT2D eigenvalue weighted by Crippen LogP contribution is 2.37. The van der Waals surface area contributed by atoms with Crippen LogP contribution in [0.1, 0.15) is 24.4 Å². The standard InChI is InChI=1S/C13H16N4/c14-8-7-10-1-3-11(4-2-10)13-16-15-9-17(13)12-5-6-12/h1-4,9,12H,5-8,14H2. The summed E-state index contributed by atoms with van der Waals surface area (Å²) in [5.74, 6) is 0.979. The number of hydrogen-bond donors (Lipinski definition) is 1. The fourth-order valence-corrected chi connectivity index (χ4v) is 2.06. The Labute approximate surface area is 100 Å². The monoisotopic (exact) mass is 228 g/mol. The van der Waals surface area contributed by atoms with E-state index in [9.17, 15) is 0 Å². The van der Waals surface area contributed by atoms with Crippen LogP contribution in [0.25, 0.3) is 11.4 Å². The Kier molecular flexibility index (Phi) is 2.65. The summed E-state index contributed by atoms with van der Waals surface area (Å²) in [7, 11) is 0. The molecule has 0 saturated heterocycles. The van der Waals surface area contributed by atoms with Gasteiger partial charge in [-0.25, -0.2) is 0 Å². The van der Waals surface area contributed by atoms with Crippen molar-refractivity contribution in [3.05, 3.63) is 36.2 Å². The Morgan fingerprint density at radius 3 is 2.65 bits per heavy atom. The van der Waals surface area contributed by atoms with Gasteiger partial charge in [-0.05, 0) is 31.4 Å². The van der Waals surface area contributed by atoms with Crippen molar-refractivity contribution in [3.8, 4) is 11.4 Å². The van der Waals surface area contributed by atoms with E-state index < -0.39 is 0 Å². The predicted octanol–water partition coefficient (Wildman–Crippen LogP) is 1.78. The smallest absolute Gasteiger partial charge is 0.163 e. The molecule has 1 fully saturated rings. The van der Waals surface area contributed by atoms with Crippen LogP contribution in [-0.2, 0) is 6.42 Å². The summed E-state index contributed by atoms with van der Waals surface area (Å²) in [5, 5.41) is 8.22. The van der Waals surface area contributed by atoms with Crippen molar-refractivity contribution in [1.82, 2.24) is 14.8 Å². The van der Waals surface area contributed by atoms with Gasteiger partial charge in [-0.2, -0.15) is 0 Å². The Morgan fingerprint density at radius 2 is 2.00 bits per heavy atom. The zero-order valence-corrected chi connectivity index (χ0v) is 9.71. The highest BCUT2D eigenvalue weighted by Gasteiger charge is 2.26. The van der Waals surface area contributed by atoms with Crippen molar-refractivity contribution in [3.63, 3.8) is 0 Å². The fraction of sp³-hybridized carbons (Fsp3) is 0.385. The molecule has 1 saturated carbocycles. The normalized spacial score (nSPS) is 15.1. The first-order valence-corrected chi connectivity index (χ1v) is 6.07. The molecule has 4 nitrogen and oxygen atoms in total. The Balaban J connectivity index is 1.89. The number of benzene rings is 1. The van der Waals surface area contributed by atoms with E-state index in [4.69, 9.17) is 5.73 Å². The Hall–Kier alpha value is -1.68. The molecule has 17 heavy (non-hydrogen) atoms. The van der Waals surface area contributed by atoms with Crippen LogP contribution >= 0.6 is 0 Å². The van der Waals surface area contributed by atoms with Gasteiger partial charge in [-0.1, -0.05) is 24.3 Å².